The van der Waals surface area contributed by atoms with Gasteiger partial charge in [0.05, 0.1) is 12.8 Å². The molecule has 0 amide bonds. The summed E-state index contributed by atoms with van der Waals surface area (Å²) in [6, 6.07) is 3.81. The lowest BCUT2D eigenvalue weighted by atomic mass is 10.1. The van der Waals surface area contributed by atoms with Gasteiger partial charge < -0.3 is 19.9 Å². The molecule has 7 heteroatoms. The predicted octanol–water partition coefficient (Wildman–Crippen LogP) is 2.07. The Kier molecular flexibility index (Phi) is 6.60. The molecule has 0 bridgehead atoms. The summed E-state index contributed by atoms with van der Waals surface area (Å²) in [6.45, 7) is 5.40. The Bertz CT molecular complexity index is 643. The van der Waals surface area contributed by atoms with Gasteiger partial charge in [0.1, 0.15) is 5.76 Å². The minimum atomic E-state index is 0.605. The van der Waals surface area contributed by atoms with Gasteiger partial charge in [0, 0.05) is 44.4 Å². The molecule has 0 aliphatic heterocycles. The Labute approximate surface area is 142 Å². The van der Waals surface area contributed by atoms with Crippen LogP contribution in [0.2, 0.25) is 0 Å². The molecule has 2 N–H and O–H groups in total. The molecule has 0 atom stereocenters. The third kappa shape index (κ3) is 4.47. The number of nitrogens with zero attached hydrogens (tertiary/aromatic N) is 3. The van der Waals surface area contributed by atoms with E-state index in [1.54, 1.807) is 20.4 Å². The monoisotopic (exact) mass is 331 g/mol. The third-order valence-corrected chi connectivity index (χ3v) is 3.73. The number of nitrogens with one attached hydrogen (secondary N) is 2. The highest BCUT2D eigenvalue weighted by atomic mass is 16.5. The second-order valence-electron chi connectivity index (χ2n) is 5.23. The SMILES string of the molecule is CCc1noc(CC)c1CNC(=NC)NCc1ccc(OC)nc1. The first-order valence-corrected chi connectivity index (χ1v) is 8.11. The van der Waals surface area contributed by atoms with Gasteiger partial charge in [-0.05, 0) is 12.0 Å². The van der Waals surface area contributed by atoms with Crippen molar-refractivity contribution in [1.82, 2.24) is 20.8 Å². The number of methoxy groups -OCH3 is 1. The molecule has 0 saturated heterocycles. The molecule has 0 radical (unpaired) electrons. The van der Waals surface area contributed by atoms with Crippen LogP contribution in [0.5, 0.6) is 5.88 Å². The van der Waals surface area contributed by atoms with Crippen molar-refractivity contribution in [2.75, 3.05) is 14.2 Å². The highest BCUT2D eigenvalue weighted by Gasteiger charge is 2.13. The highest BCUT2D eigenvalue weighted by molar-refractivity contribution is 5.79. The Morgan fingerprint density at radius 1 is 1.21 bits per heavy atom. The highest BCUT2D eigenvalue weighted by Crippen LogP contribution is 2.15. The summed E-state index contributed by atoms with van der Waals surface area (Å²) in [6.07, 6.45) is 3.46. The topological polar surface area (TPSA) is 84.6 Å². The van der Waals surface area contributed by atoms with Crippen LogP contribution in [0.3, 0.4) is 0 Å². The summed E-state index contributed by atoms with van der Waals surface area (Å²) in [5, 5.41) is 10.7. The Morgan fingerprint density at radius 3 is 2.58 bits per heavy atom. The Balaban J connectivity index is 1.91. The van der Waals surface area contributed by atoms with Gasteiger partial charge in [0.2, 0.25) is 5.88 Å². The number of guanidine groups is 1. The fraction of sp³-hybridized carbons (Fsp3) is 0.471. The van der Waals surface area contributed by atoms with Crippen LogP contribution < -0.4 is 15.4 Å². The standard InChI is InChI=1S/C17H25N5O2/c1-5-14-13(15(6-2)24-22-14)11-21-17(18-3)20-10-12-7-8-16(23-4)19-9-12/h7-9H,5-6,10-11H2,1-4H3,(H2,18,20,21). The molecule has 2 rings (SSSR count). The number of hydrogen-bond donors (Lipinski definition) is 2. The summed E-state index contributed by atoms with van der Waals surface area (Å²) in [4.78, 5) is 8.44. The molecule has 2 heterocycles. The molecule has 0 spiro atoms. The van der Waals surface area contributed by atoms with Crippen LogP contribution >= 0.6 is 0 Å². The maximum absolute atomic E-state index is 5.38. The number of ether oxygens (including phenoxy) is 1. The molecule has 130 valence electrons. The van der Waals surface area contributed by atoms with E-state index in [9.17, 15) is 0 Å². The van der Waals surface area contributed by atoms with E-state index in [1.165, 1.54) is 0 Å². The van der Waals surface area contributed by atoms with Gasteiger partial charge in [-0.15, -0.1) is 0 Å². The number of aliphatic imine (C=N–C) groups is 1. The zero-order chi connectivity index (χ0) is 17.4. The van der Waals surface area contributed by atoms with Gasteiger partial charge in [-0.2, -0.15) is 0 Å². The first kappa shape index (κ1) is 17.8. The first-order valence-electron chi connectivity index (χ1n) is 8.11. The van der Waals surface area contributed by atoms with E-state index >= 15 is 0 Å². The van der Waals surface area contributed by atoms with Crippen molar-refractivity contribution < 1.29 is 9.26 Å². The Hall–Kier alpha value is -2.57. The molecule has 2 aromatic rings. The van der Waals surface area contributed by atoms with Crippen molar-refractivity contribution in [2.24, 2.45) is 4.99 Å². The predicted molar refractivity (Wildman–Crippen MR) is 93.1 cm³/mol. The van der Waals surface area contributed by atoms with E-state index in [2.05, 4.69) is 39.6 Å². The average Bonchev–Trinajstić information content (AvgIpc) is 3.04. The fourth-order valence-electron chi connectivity index (χ4n) is 2.35. The summed E-state index contributed by atoms with van der Waals surface area (Å²) >= 11 is 0. The number of pyridine rings is 1. The second-order valence-corrected chi connectivity index (χ2v) is 5.23. The van der Waals surface area contributed by atoms with Crippen LogP contribution in [0, 0.1) is 0 Å². The van der Waals surface area contributed by atoms with Crippen molar-refractivity contribution in [3.63, 3.8) is 0 Å². The van der Waals surface area contributed by atoms with Gasteiger partial charge in [-0.3, -0.25) is 4.99 Å². The molecule has 0 aromatic carbocycles. The van der Waals surface area contributed by atoms with Gasteiger partial charge in [-0.25, -0.2) is 4.98 Å². The smallest absolute Gasteiger partial charge is 0.212 e. The molecule has 7 nitrogen and oxygen atoms in total. The van der Waals surface area contributed by atoms with E-state index < -0.39 is 0 Å². The molecular formula is C17H25N5O2. The van der Waals surface area contributed by atoms with Crippen molar-refractivity contribution >= 4 is 5.96 Å². The summed E-state index contributed by atoms with van der Waals surface area (Å²) in [5.74, 6) is 2.25. The quantitative estimate of drug-likeness (QED) is 0.597. The van der Waals surface area contributed by atoms with E-state index in [0.29, 0.717) is 19.0 Å². The maximum Gasteiger partial charge on any atom is 0.212 e. The normalized spacial score (nSPS) is 11.4. The van der Waals surface area contributed by atoms with E-state index in [-0.39, 0.29) is 0 Å². The molecule has 24 heavy (non-hydrogen) atoms. The fourth-order valence-corrected chi connectivity index (χ4v) is 2.35. The zero-order valence-corrected chi connectivity index (χ0v) is 14.7. The van der Waals surface area contributed by atoms with Crippen LogP contribution in [0.15, 0.2) is 27.8 Å². The Morgan fingerprint density at radius 2 is 2.00 bits per heavy atom. The second kappa shape index (κ2) is 8.90. The average molecular weight is 331 g/mol. The molecule has 0 aliphatic carbocycles. The van der Waals surface area contributed by atoms with Crippen LogP contribution in [0.4, 0.5) is 0 Å². The van der Waals surface area contributed by atoms with Crippen molar-refractivity contribution in [2.45, 2.75) is 39.8 Å². The lowest BCUT2D eigenvalue weighted by Gasteiger charge is -2.12. The molecular weight excluding hydrogens is 306 g/mol. The van der Waals surface area contributed by atoms with Crippen LogP contribution in [-0.2, 0) is 25.9 Å². The molecule has 2 aromatic heterocycles. The lowest BCUT2D eigenvalue weighted by molar-refractivity contribution is 0.380. The summed E-state index contributed by atoms with van der Waals surface area (Å²) in [5.41, 5.74) is 3.16. The van der Waals surface area contributed by atoms with Crippen LogP contribution in [0.25, 0.3) is 0 Å². The van der Waals surface area contributed by atoms with E-state index in [0.717, 1.165) is 41.4 Å². The lowest BCUT2D eigenvalue weighted by Crippen LogP contribution is -2.36. The summed E-state index contributed by atoms with van der Waals surface area (Å²) in [7, 11) is 3.35. The first-order chi connectivity index (χ1) is 11.7. The van der Waals surface area contributed by atoms with Crippen molar-refractivity contribution in [1.29, 1.82) is 0 Å². The van der Waals surface area contributed by atoms with E-state index in [4.69, 9.17) is 9.26 Å². The number of rotatable bonds is 7. The molecule has 0 fully saturated rings. The minimum Gasteiger partial charge on any atom is -0.481 e. The van der Waals surface area contributed by atoms with Gasteiger partial charge in [0.25, 0.3) is 0 Å². The molecule has 0 unspecified atom stereocenters. The largest absolute Gasteiger partial charge is 0.481 e. The molecule has 0 aliphatic rings. The summed E-state index contributed by atoms with van der Waals surface area (Å²) < 4.78 is 10.4. The molecule has 0 saturated carbocycles. The van der Waals surface area contributed by atoms with Crippen molar-refractivity contribution in [3.8, 4) is 5.88 Å². The van der Waals surface area contributed by atoms with Gasteiger partial charge in [-0.1, -0.05) is 25.1 Å². The minimum absolute atomic E-state index is 0.605. The third-order valence-electron chi connectivity index (χ3n) is 3.73. The number of hydrogen-bond acceptors (Lipinski definition) is 5. The number of aryl methyl sites for hydroxylation is 2. The van der Waals surface area contributed by atoms with Crippen LogP contribution in [0.1, 0.15) is 36.4 Å². The zero-order valence-electron chi connectivity index (χ0n) is 14.7. The number of aromatic nitrogens is 2. The van der Waals surface area contributed by atoms with Gasteiger partial charge >= 0.3 is 0 Å². The maximum atomic E-state index is 5.38. The van der Waals surface area contributed by atoms with Gasteiger partial charge in [0.15, 0.2) is 5.96 Å². The van der Waals surface area contributed by atoms with E-state index in [1.807, 2.05) is 12.1 Å². The van der Waals surface area contributed by atoms with Crippen LogP contribution in [-0.4, -0.2) is 30.3 Å². The van der Waals surface area contributed by atoms with Crippen molar-refractivity contribution in [3.05, 3.63) is 40.9 Å².